The second-order valence-corrected chi connectivity index (χ2v) is 5.63. The summed E-state index contributed by atoms with van der Waals surface area (Å²) in [5.74, 6) is -0.0670. The molecule has 0 radical (unpaired) electrons. The van der Waals surface area contributed by atoms with E-state index in [0.717, 1.165) is 13.0 Å². The number of nitrogens with two attached hydrogens (primary N) is 1. The number of aromatic nitrogens is 1. The second-order valence-electron chi connectivity index (χ2n) is 4.60. The second kappa shape index (κ2) is 5.93. The summed E-state index contributed by atoms with van der Waals surface area (Å²) in [7, 11) is 0. The highest BCUT2D eigenvalue weighted by atomic mass is 32.1. The van der Waals surface area contributed by atoms with Crippen molar-refractivity contribution in [2.45, 2.75) is 32.9 Å². The van der Waals surface area contributed by atoms with E-state index in [-0.39, 0.29) is 11.9 Å². The third-order valence-corrected chi connectivity index (χ3v) is 3.85. The van der Waals surface area contributed by atoms with Crippen molar-refractivity contribution in [2.75, 3.05) is 5.73 Å². The minimum atomic E-state index is -0.0670. The molecule has 0 saturated carbocycles. The van der Waals surface area contributed by atoms with Crippen LogP contribution in [0.1, 0.15) is 29.2 Å². The molecule has 0 saturated heterocycles. The number of anilines is 1. The summed E-state index contributed by atoms with van der Waals surface area (Å²) in [5.41, 5.74) is 6.98. The van der Waals surface area contributed by atoms with Crippen LogP contribution in [-0.4, -0.2) is 16.5 Å². The first kappa shape index (κ1) is 13.7. The predicted molar refractivity (Wildman–Crippen MR) is 79.5 cm³/mol. The van der Waals surface area contributed by atoms with Crippen molar-refractivity contribution in [2.24, 2.45) is 0 Å². The van der Waals surface area contributed by atoms with Crippen LogP contribution in [0.15, 0.2) is 29.8 Å². The molecule has 2 aromatic rings. The molecule has 4 nitrogen and oxygen atoms in total. The van der Waals surface area contributed by atoms with Crippen LogP contribution in [0, 0.1) is 0 Å². The minimum absolute atomic E-state index is 0.0670. The van der Waals surface area contributed by atoms with Gasteiger partial charge in [-0.2, -0.15) is 0 Å². The van der Waals surface area contributed by atoms with Crippen molar-refractivity contribution < 1.29 is 4.79 Å². The van der Waals surface area contributed by atoms with Crippen molar-refractivity contribution in [3.63, 3.8) is 0 Å². The number of hydrogen-bond acceptors (Lipinski definition) is 3. The Balaban J connectivity index is 2.00. The van der Waals surface area contributed by atoms with Crippen molar-refractivity contribution >= 4 is 22.9 Å². The van der Waals surface area contributed by atoms with Crippen molar-refractivity contribution in [3.05, 3.63) is 40.3 Å². The maximum atomic E-state index is 12.2. The van der Waals surface area contributed by atoms with Gasteiger partial charge in [-0.1, -0.05) is 6.07 Å². The van der Waals surface area contributed by atoms with Gasteiger partial charge in [-0.05, 0) is 31.4 Å². The summed E-state index contributed by atoms with van der Waals surface area (Å²) in [6.07, 6.45) is 2.64. The van der Waals surface area contributed by atoms with Gasteiger partial charge in [0.25, 0.3) is 5.91 Å². The SMILES string of the molecule is CCn1cc(N)cc1C(=O)NC(C)Cc1cccs1. The Bertz CT molecular complexity index is 545. The van der Waals surface area contributed by atoms with Crippen molar-refractivity contribution in [3.8, 4) is 0 Å². The standard InChI is InChI=1S/C14H19N3OS/c1-3-17-9-11(15)8-13(17)14(18)16-10(2)7-12-5-4-6-19-12/h4-6,8-10H,3,7,15H2,1-2H3,(H,16,18). The number of carbonyl (C=O) groups excluding carboxylic acids is 1. The summed E-state index contributed by atoms with van der Waals surface area (Å²) in [5, 5.41) is 5.06. The Hall–Kier alpha value is -1.75. The number of carbonyl (C=O) groups is 1. The zero-order chi connectivity index (χ0) is 13.8. The Morgan fingerprint density at radius 1 is 1.58 bits per heavy atom. The molecule has 0 aliphatic rings. The largest absolute Gasteiger partial charge is 0.397 e. The maximum Gasteiger partial charge on any atom is 0.268 e. The fourth-order valence-corrected chi connectivity index (χ4v) is 2.90. The molecule has 0 aliphatic heterocycles. The van der Waals surface area contributed by atoms with Gasteiger partial charge in [-0.3, -0.25) is 4.79 Å². The predicted octanol–water partition coefficient (Wildman–Crippen LogP) is 2.51. The number of nitrogen functional groups attached to an aromatic ring is 1. The number of nitrogens with zero attached hydrogens (tertiary/aromatic N) is 1. The van der Waals surface area contributed by atoms with Gasteiger partial charge in [-0.15, -0.1) is 11.3 Å². The Morgan fingerprint density at radius 3 is 3.00 bits per heavy atom. The summed E-state index contributed by atoms with van der Waals surface area (Å²) in [4.78, 5) is 13.5. The fourth-order valence-electron chi connectivity index (χ4n) is 2.06. The molecule has 1 atom stereocenters. The molecular formula is C14H19N3OS. The molecule has 1 unspecified atom stereocenters. The highest BCUT2D eigenvalue weighted by Crippen LogP contribution is 2.13. The average molecular weight is 277 g/mol. The first-order chi connectivity index (χ1) is 9.10. The molecule has 102 valence electrons. The van der Waals surface area contributed by atoms with E-state index >= 15 is 0 Å². The first-order valence-corrected chi connectivity index (χ1v) is 7.27. The van der Waals surface area contributed by atoms with E-state index in [0.29, 0.717) is 11.4 Å². The molecule has 2 aromatic heterocycles. The lowest BCUT2D eigenvalue weighted by Gasteiger charge is -2.13. The van der Waals surface area contributed by atoms with Crippen LogP contribution in [0.4, 0.5) is 5.69 Å². The molecule has 0 bridgehead atoms. The van der Waals surface area contributed by atoms with Crippen LogP contribution in [0.25, 0.3) is 0 Å². The topological polar surface area (TPSA) is 60.0 Å². The number of hydrogen-bond donors (Lipinski definition) is 2. The summed E-state index contributed by atoms with van der Waals surface area (Å²) < 4.78 is 1.86. The molecule has 0 aliphatic carbocycles. The quantitative estimate of drug-likeness (QED) is 0.882. The molecule has 1 amide bonds. The molecule has 2 heterocycles. The maximum absolute atomic E-state index is 12.2. The fraction of sp³-hybridized carbons (Fsp3) is 0.357. The zero-order valence-electron chi connectivity index (χ0n) is 11.2. The van der Waals surface area contributed by atoms with Crippen LogP contribution in [0.2, 0.25) is 0 Å². The first-order valence-electron chi connectivity index (χ1n) is 6.39. The van der Waals surface area contributed by atoms with E-state index in [2.05, 4.69) is 11.4 Å². The molecule has 5 heteroatoms. The monoisotopic (exact) mass is 277 g/mol. The van der Waals surface area contributed by atoms with E-state index < -0.39 is 0 Å². The third-order valence-electron chi connectivity index (χ3n) is 2.96. The highest BCUT2D eigenvalue weighted by Gasteiger charge is 2.14. The molecule has 2 rings (SSSR count). The van der Waals surface area contributed by atoms with Crippen LogP contribution in [-0.2, 0) is 13.0 Å². The van der Waals surface area contributed by atoms with Gasteiger partial charge >= 0.3 is 0 Å². The normalized spacial score (nSPS) is 12.3. The summed E-state index contributed by atoms with van der Waals surface area (Å²) in [6.45, 7) is 4.74. The van der Waals surface area contributed by atoms with Gasteiger partial charge in [-0.25, -0.2) is 0 Å². The van der Waals surface area contributed by atoms with Gasteiger partial charge in [0.1, 0.15) is 5.69 Å². The van der Waals surface area contributed by atoms with E-state index in [1.165, 1.54) is 4.88 Å². The van der Waals surface area contributed by atoms with Gasteiger partial charge < -0.3 is 15.6 Å². The summed E-state index contributed by atoms with van der Waals surface area (Å²) >= 11 is 1.71. The third kappa shape index (κ3) is 3.38. The molecular weight excluding hydrogens is 258 g/mol. The van der Waals surface area contributed by atoms with E-state index in [1.807, 2.05) is 29.9 Å². The Morgan fingerprint density at radius 2 is 2.37 bits per heavy atom. The average Bonchev–Trinajstić information content (AvgIpc) is 2.97. The number of thiophene rings is 1. The van der Waals surface area contributed by atoms with Gasteiger partial charge in [0, 0.05) is 30.1 Å². The molecule has 0 fully saturated rings. The summed E-state index contributed by atoms with van der Waals surface area (Å²) in [6, 6.07) is 5.93. The molecule has 0 aromatic carbocycles. The van der Waals surface area contributed by atoms with E-state index in [1.54, 1.807) is 23.6 Å². The number of aryl methyl sites for hydroxylation is 1. The molecule has 3 N–H and O–H groups in total. The van der Waals surface area contributed by atoms with Crippen LogP contribution < -0.4 is 11.1 Å². The number of amides is 1. The molecule has 19 heavy (non-hydrogen) atoms. The Kier molecular flexibility index (Phi) is 4.27. The highest BCUT2D eigenvalue weighted by molar-refractivity contribution is 7.09. The van der Waals surface area contributed by atoms with Crippen LogP contribution in [0.5, 0.6) is 0 Å². The van der Waals surface area contributed by atoms with Crippen molar-refractivity contribution in [1.82, 2.24) is 9.88 Å². The van der Waals surface area contributed by atoms with Crippen LogP contribution >= 0.6 is 11.3 Å². The zero-order valence-corrected chi connectivity index (χ0v) is 12.0. The Labute approximate surface area is 117 Å². The van der Waals surface area contributed by atoms with E-state index in [9.17, 15) is 4.79 Å². The van der Waals surface area contributed by atoms with Gasteiger partial charge in [0.15, 0.2) is 0 Å². The lowest BCUT2D eigenvalue weighted by atomic mass is 10.2. The number of nitrogens with one attached hydrogen (secondary N) is 1. The van der Waals surface area contributed by atoms with Crippen LogP contribution in [0.3, 0.4) is 0 Å². The smallest absolute Gasteiger partial charge is 0.268 e. The lowest BCUT2D eigenvalue weighted by Crippen LogP contribution is -2.35. The lowest BCUT2D eigenvalue weighted by molar-refractivity contribution is 0.0931. The minimum Gasteiger partial charge on any atom is -0.397 e. The molecule has 0 spiro atoms. The van der Waals surface area contributed by atoms with Gasteiger partial charge in [0.2, 0.25) is 0 Å². The van der Waals surface area contributed by atoms with Crippen molar-refractivity contribution in [1.29, 1.82) is 0 Å². The van der Waals surface area contributed by atoms with E-state index in [4.69, 9.17) is 5.73 Å². The van der Waals surface area contributed by atoms with Gasteiger partial charge in [0.05, 0.1) is 5.69 Å². The number of rotatable bonds is 5.